The normalized spacial score (nSPS) is 9.21. The first-order chi connectivity index (χ1) is 8.65. The molecule has 1 aromatic carbocycles. The summed E-state index contributed by atoms with van der Waals surface area (Å²) in [7, 11) is 0. The summed E-state index contributed by atoms with van der Waals surface area (Å²) in [6, 6.07) is 13.0. The van der Waals surface area contributed by atoms with Gasteiger partial charge >= 0.3 is 29.6 Å². The summed E-state index contributed by atoms with van der Waals surface area (Å²) < 4.78 is 1.16. The Labute approximate surface area is 137 Å². The van der Waals surface area contributed by atoms with Gasteiger partial charge in [0.05, 0.1) is 11.3 Å². The number of para-hydroxylation sites is 1. The fourth-order valence-electron chi connectivity index (χ4n) is 1.66. The Morgan fingerprint density at radius 2 is 1.84 bits per heavy atom. The molecule has 0 aliphatic heterocycles. The van der Waals surface area contributed by atoms with E-state index in [0.717, 1.165) is 4.57 Å². The Bertz CT molecular complexity index is 705. The van der Waals surface area contributed by atoms with Crippen molar-refractivity contribution >= 4 is 17.3 Å². The van der Waals surface area contributed by atoms with Crippen LogP contribution in [0.25, 0.3) is 5.69 Å². The van der Waals surface area contributed by atoms with Gasteiger partial charge < -0.3 is 5.11 Å². The number of pyridine rings is 1. The van der Waals surface area contributed by atoms with Crippen LogP contribution in [0, 0.1) is 11.3 Å². The van der Waals surface area contributed by atoms with E-state index in [9.17, 15) is 9.90 Å². The van der Waals surface area contributed by atoms with Crippen molar-refractivity contribution < 1.29 is 34.7 Å². The topological polar surface area (TPSA) is 68.8 Å². The SMILES string of the molecule is N#Cc1ccc(=O)n(-c2ccccc2)c1C([O-])=S.[Na+]. The molecule has 0 atom stereocenters. The summed E-state index contributed by atoms with van der Waals surface area (Å²) >= 11 is 4.60. The maximum Gasteiger partial charge on any atom is 1.00 e. The van der Waals surface area contributed by atoms with Crippen LogP contribution in [0.1, 0.15) is 11.3 Å². The van der Waals surface area contributed by atoms with Crippen LogP contribution < -0.4 is 40.2 Å². The molecule has 4 nitrogen and oxygen atoms in total. The van der Waals surface area contributed by atoms with E-state index >= 15 is 0 Å². The van der Waals surface area contributed by atoms with Crippen molar-refractivity contribution in [2.24, 2.45) is 0 Å². The van der Waals surface area contributed by atoms with Crippen molar-refractivity contribution in [1.29, 1.82) is 5.26 Å². The van der Waals surface area contributed by atoms with Gasteiger partial charge in [0, 0.05) is 11.8 Å². The minimum atomic E-state index is -0.729. The molecule has 1 aromatic heterocycles. The zero-order chi connectivity index (χ0) is 13.1. The van der Waals surface area contributed by atoms with Gasteiger partial charge in [0.25, 0.3) is 5.56 Å². The van der Waals surface area contributed by atoms with Gasteiger partial charge in [0.15, 0.2) is 0 Å². The van der Waals surface area contributed by atoms with Gasteiger partial charge in [-0.3, -0.25) is 9.36 Å². The summed E-state index contributed by atoms with van der Waals surface area (Å²) in [6.07, 6.45) is 0. The number of hydrogen-bond acceptors (Lipinski definition) is 4. The Hall–Kier alpha value is -1.45. The molecule has 0 aliphatic carbocycles. The first kappa shape index (κ1) is 15.6. The number of benzene rings is 1. The van der Waals surface area contributed by atoms with Crippen LogP contribution in [0.4, 0.5) is 0 Å². The summed E-state index contributed by atoms with van der Waals surface area (Å²) in [5.41, 5.74) is 0.144. The fourth-order valence-corrected chi connectivity index (χ4v) is 1.86. The van der Waals surface area contributed by atoms with Crippen LogP contribution in [-0.4, -0.2) is 9.62 Å². The molecule has 0 fully saturated rings. The van der Waals surface area contributed by atoms with Crippen molar-refractivity contribution in [2.45, 2.75) is 0 Å². The summed E-state index contributed by atoms with van der Waals surface area (Å²) in [5.74, 6) is 0. The van der Waals surface area contributed by atoms with Crippen LogP contribution in [0.3, 0.4) is 0 Å². The fraction of sp³-hybridized carbons (Fsp3) is 0. The third-order valence-electron chi connectivity index (χ3n) is 2.42. The van der Waals surface area contributed by atoms with Crippen LogP contribution >= 0.6 is 12.2 Å². The molecule has 19 heavy (non-hydrogen) atoms. The minimum Gasteiger partial charge on any atom is -0.863 e. The van der Waals surface area contributed by atoms with Crippen molar-refractivity contribution in [3.63, 3.8) is 0 Å². The third-order valence-corrected chi connectivity index (χ3v) is 2.61. The van der Waals surface area contributed by atoms with E-state index in [4.69, 9.17) is 5.26 Å². The molecule has 0 saturated carbocycles. The summed E-state index contributed by atoms with van der Waals surface area (Å²) in [4.78, 5) is 11.9. The average molecular weight is 278 g/mol. The van der Waals surface area contributed by atoms with Gasteiger partial charge in [-0.1, -0.05) is 30.4 Å². The molecule has 0 saturated heterocycles. The zero-order valence-corrected chi connectivity index (χ0v) is 13.0. The second-order valence-corrected chi connectivity index (χ2v) is 3.87. The quantitative estimate of drug-likeness (QED) is 0.460. The second kappa shape index (κ2) is 6.64. The number of nitrogens with zero attached hydrogens (tertiary/aromatic N) is 2. The molecule has 2 aromatic rings. The van der Waals surface area contributed by atoms with Crippen molar-refractivity contribution in [3.05, 3.63) is 64.1 Å². The zero-order valence-electron chi connectivity index (χ0n) is 10.2. The number of aromatic nitrogens is 1. The Kier molecular flexibility index (Phi) is 5.45. The molecular weight excluding hydrogens is 271 g/mol. The van der Waals surface area contributed by atoms with Crippen molar-refractivity contribution in [3.8, 4) is 11.8 Å². The van der Waals surface area contributed by atoms with E-state index in [-0.39, 0.29) is 40.8 Å². The molecule has 0 aliphatic rings. The molecule has 0 N–H and O–H groups in total. The van der Waals surface area contributed by atoms with Gasteiger partial charge in [0.2, 0.25) is 0 Å². The van der Waals surface area contributed by atoms with Gasteiger partial charge in [-0.25, -0.2) is 0 Å². The largest absolute Gasteiger partial charge is 1.00 e. The van der Waals surface area contributed by atoms with E-state index in [1.165, 1.54) is 12.1 Å². The van der Waals surface area contributed by atoms with E-state index < -0.39 is 10.6 Å². The minimum absolute atomic E-state index is 0. The number of thiocarbonyl (C=S) groups is 1. The number of rotatable bonds is 2. The Balaban J connectivity index is 0.00000180. The first-order valence-corrected chi connectivity index (χ1v) is 5.49. The smallest absolute Gasteiger partial charge is 0.863 e. The van der Waals surface area contributed by atoms with Crippen LogP contribution in [0.5, 0.6) is 0 Å². The monoisotopic (exact) mass is 278 g/mol. The molecule has 0 amide bonds. The van der Waals surface area contributed by atoms with Crippen LogP contribution in [0.2, 0.25) is 0 Å². The van der Waals surface area contributed by atoms with E-state index in [0.29, 0.717) is 5.69 Å². The van der Waals surface area contributed by atoms with Crippen LogP contribution in [0.15, 0.2) is 47.3 Å². The van der Waals surface area contributed by atoms with Gasteiger partial charge in [-0.05, 0) is 23.2 Å². The second-order valence-electron chi connectivity index (χ2n) is 3.50. The molecule has 88 valence electrons. The molecule has 6 heteroatoms. The Morgan fingerprint density at radius 3 is 2.37 bits per heavy atom. The predicted octanol–water partition coefficient (Wildman–Crippen LogP) is -2.25. The molecular formula is C13H7N2NaO2S. The molecule has 2 rings (SSSR count). The molecule has 1 heterocycles. The maximum atomic E-state index is 11.9. The summed E-state index contributed by atoms with van der Waals surface area (Å²) in [6.45, 7) is 0. The standard InChI is InChI=1S/C13H8N2O2S.Na/c14-8-9-6-7-11(16)15(12(9)13(17)18)10-4-2-1-3-5-10;/h1-7H,(H,17,18);/q;+1/p-1. The van der Waals surface area contributed by atoms with E-state index in [1.807, 2.05) is 6.07 Å². The average Bonchev–Trinajstić information content (AvgIpc) is 2.39. The van der Waals surface area contributed by atoms with Crippen molar-refractivity contribution in [2.75, 3.05) is 0 Å². The van der Waals surface area contributed by atoms with Gasteiger partial charge in [-0.2, -0.15) is 5.26 Å². The van der Waals surface area contributed by atoms with Gasteiger partial charge in [0.1, 0.15) is 6.07 Å². The van der Waals surface area contributed by atoms with Gasteiger partial charge in [-0.15, -0.1) is 0 Å². The first-order valence-electron chi connectivity index (χ1n) is 5.08. The summed E-state index contributed by atoms with van der Waals surface area (Å²) in [5, 5.41) is 19.7. The molecule has 0 unspecified atom stereocenters. The van der Waals surface area contributed by atoms with Crippen LogP contribution in [-0.2, 0) is 0 Å². The van der Waals surface area contributed by atoms with E-state index in [2.05, 4.69) is 12.2 Å². The number of hydrogen-bond donors (Lipinski definition) is 0. The molecule has 0 spiro atoms. The van der Waals surface area contributed by atoms with E-state index in [1.54, 1.807) is 30.3 Å². The molecule has 0 bridgehead atoms. The predicted molar refractivity (Wildman–Crippen MR) is 68.5 cm³/mol. The molecule has 0 radical (unpaired) electrons. The Morgan fingerprint density at radius 1 is 1.21 bits per heavy atom. The third kappa shape index (κ3) is 3.11. The number of nitriles is 1. The maximum absolute atomic E-state index is 11.9. The van der Waals surface area contributed by atoms with Crippen molar-refractivity contribution in [1.82, 2.24) is 4.57 Å².